The van der Waals surface area contributed by atoms with E-state index in [1.807, 2.05) is 0 Å². The van der Waals surface area contributed by atoms with Crippen molar-refractivity contribution in [1.29, 1.82) is 0 Å². The van der Waals surface area contributed by atoms with Gasteiger partial charge in [-0.25, -0.2) is 0 Å². The zero-order valence-corrected chi connectivity index (χ0v) is 13.1. The summed E-state index contributed by atoms with van der Waals surface area (Å²) in [6.07, 6.45) is -3.89. The van der Waals surface area contributed by atoms with Gasteiger partial charge in [0.2, 0.25) is 0 Å². The maximum Gasteiger partial charge on any atom is 0.417 e. The number of halogens is 4. The van der Waals surface area contributed by atoms with Crippen LogP contribution in [0.25, 0.3) is 11.4 Å². The van der Waals surface area contributed by atoms with E-state index >= 15 is 0 Å². The summed E-state index contributed by atoms with van der Waals surface area (Å²) in [4.78, 5) is 3.71. The van der Waals surface area contributed by atoms with E-state index in [1.54, 1.807) is 30.3 Å². The number of hydrogen-bond donors (Lipinski definition) is 1. The van der Waals surface area contributed by atoms with E-state index < -0.39 is 11.7 Å². The van der Waals surface area contributed by atoms with Gasteiger partial charge in [0.25, 0.3) is 0 Å². The maximum absolute atomic E-state index is 12.7. The molecule has 0 radical (unpaired) electrons. The first-order chi connectivity index (χ1) is 11.9. The van der Waals surface area contributed by atoms with Crippen LogP contribution in [0.5, 0.6) is 0 Å². The Morgan fingerprint density at radius 2 is 1.88 bits per heavy atom. The van der Waals surface area contributed by atoms with Crippen LogP contribution in [0, 0.1) is 0 Å². The topological polar surface area (TPSA) is 71.5 Å². The van der Waals surface area contributed by atoms with Crippen LogP contribution in [-0.2, 0) is 6.18 Å². The SMILES string of the molecule is O/N=C(/c1ccccc1)c1cc(-c2ncc(C(F)(F)F)cc2Cl)no1. The van der Waals surface area contributed by atoms with Crippen LogP contribution in [0.4, 0.5) is 13.2 Å². The molecule has 0 amide bonds. The molecule has 128 valence electrons. The molecule has 0 aliphatic rings. The molecule has 0 spiro atoms. The molecule has 0 fully saturated rings. The minimum absolute atomic E-state index is 0.0232. The molecule has 3 rings (SSSR count). The molecular formula is C16H9ClF3N3O2. The Morgan fingerprint density at radius 1 is 1.16 bits per heavy atom. The van der Waals surface area contributed by atoms with Gasteiger partial charge < -0.3 is 9.73 Å². The highest BCUT2D eigenvalue weighted by Gasteiger charge is 2.32. The average Bonchev–Trinajstić information content (AvgIpc) is 3.05. The third-order valence-corrected chi connectivity index (χ3v) is 3.59. The van der Waals surface area contributed by atoms with Crippen molar-refractivity contribution in [1.82, 2.24) is 10.1 Å². The van der Waals surface area contributed by atoms with Gasteiger partial charge in [-0.05, 0) is 6.07 Å². The molecule has 0 aliphatic heterocycles. The monoisotopic (exact) mass is 367 g/mol. The molecule has 1 aromatic carbocycles. The molecule has 9 heteroatoms. The molecule has 2 aromatic heterocycles. The second-order valence-corrected chi connectivity index (χ2v) is 5.35. The van der Waals surface area contributed by atoms with Crippen molar-refractivity contribution in [2.75, 3.05) is 0 Å². The minimum Gasteiger partial charge on any atom is -0.410 e. The highest BCUT2D eigenvalue weighted by atomic mass is 35.5. The Bertz CT molecular complexity index is 924. The van der Waals surface area contributed by atoms with Crippen molar-refractivity contribution in [3.05, 3.63) is 70.6 Å². The van der Waals surface area contributed by atoms with Crippen molar-refractivity contribution in [3.8, 4) is 11.4 Å². The van der Waals surface area contributed by atoms with Crippen LogP contribution in [0.3, 0.4) is 0 Å². The zero-order chi connectivity index (χ0) is 18.0. The molecular weight excluding hydrogens is 359 g/mol. The van der Waals surface area contributed by atoms with Gasteiger partial charge in [-0.2, -0.15) is 13.2 Å². The molecule has 0 saturated carbocycles. The van der Waals surface area contributed by atoms with Gasteiger partial charge >= 0.3 is 6.18 Å². The largest absolute Gasteiger partial charge is 0.417 e. The van der Waals surface area contributed by atoms with E-state index in [-0.39, 0.29) is 27.9 Å². The summed E-state index contributed by atoms with van der Waals surface area (Å²) in [6, 6.07) is 10.8. The Balaban J connectivity index is 1.97. The first-order valence-electron chi connectivity index (χ1n) is 6.88. The zero-order valence-electron chi connectivity index (χ0n) is 12.3. The number of alkyl halides is 3. The molecule has 3 aromatic rings. The molecule has 25 heavy (non-hydrogen) atoms. The van der Waals surface area contributed by atoms with Gasteiger partial charge in [0, 0.05) is 17.8 Å². The lowest BCUT2D eigenvalue weighted by atomic mass is 10.1. The van der Waals surface area contributed by atoms with Crippen LogP contribution >= 0.6 is 11.6 Å². The number of benzene rings is 1. The second-order valence-electron chi connectivity index (χ2n) is 4.94. The number of pyridine rings is 1. The van der Waals surface area contributed by atoms with Gasteiger partial charge in [-0.1, -0.05) is 52.2 Å². The van der Waals surface area contributed by atoms with E-state index in [4.69, 9.17) is 16.1 Å². The quantitative estimate of drug-likeness (QED) is 0.416. The molecule has 0 unspecified atom stereocenters. The van der Waals surface area contributed by atoms with Crippen molar-refractivity contribution < 1.29 is 22.9 Å². The summed E-state index contributed by atoms with van der Waals surface area (Å²) in [7, 11) is 0. The molecule has 0 saturated heterocycles. The van der Waals surface area contributed by atoms with E-state index in [9.17, 15) is 18.4 Å². The number of hydrogen-bond acceptors (Lipinski definition) is 5. The number of rotatable bonds is 3. The van der Waals surface area contributed by atoms with Crippen molar-refractivity contribution in [3.63, 3.8) is 0 Å². The van der Waals surface area contributed by atoms with E-state index in [0.29, 0.717) is 11.8 Å². The van der Waals surface area contributed by atoms with E-state index in [1.165, 1.54) is 6.07 Å². The molecule has 0 aliphatic carbocycles. The van der Waals surface area contributed by atoms with Crippen LogP contribution in [0.15, 0.2) is 58.3 Å². The van der Waals surface area contributed by atoms with Crippen molar-refractivity contribution in [2.45, 2.75) is 6.18 Å². The van der Waals surface area contributed by atoms with Gasteiger partial charge in [0.1, 0.15) is 11.4 Å². The summed E-state index contributed by atoms with van der Waals surface area (Å²) in [5, 5.41) is 15.9. The fourth-order valence-corrected chi connectivity index (χ4v) is 2.39. The highest BCUT2D eigenvalue weighted by Crippen LogP contribution is 2.34. The Hall–Kier alpha value is -2.87. The summed E-state index contributed by atoms with van der Waals surface area (Å²) in [5.41, 5.74) is -0.144. The second kappa shape index (κ2) is 6.56. The van der Waals surface area contributed by atoms with Gasteiger partial charge in [-0.15, -0.1) is 0 Å². The van der Waals surface area contributed by atoms with Gasteiger partial charge in [-0.3, -0.25) is 4.98 Å². The normalized spacial score (nSPS) is 12.4. The minimum atomic E-state index is -4.55. The van der Waals surface area contributed by atoms with Gasteiger partial charge in [0.15, 0.2) is 11.5 Å². The number of oxime groups is 1. The van der Waals surface area contributed by atoms with Crippen LogP contribution < -0.4 is 0 Å². The molecule has 0 atom stereocenters. The standard InChI is InChI=1S/C16H9ClF3N3O2/c17-11-6-10(16(18,19)20)8-21-15(11)12-7-13(25-23-12)14(22-24)9-4-2-1-3-5-9/h1-8,24H/b22-14-. The first kappa shape index (κ1) is 17.0. The fraction of sp³-hybridized carbons (Fsp3) is 0.0625. The lowest BCUT2D eigenvalue weighted by Gasteiger charge is -2.07. The fourth-order valence-electron chi connectivity index (χ4n) is 2.13. The molecule has 0 bridgehead atoms. The third kappa shape index (κ3) is 3.48. The molecule has 1 N–H and O–H groups in total. The highest BCUT2D eigenvalue weighted by molar-refractivity contribution is 6.33. The molecule has 2 heterocycles. The van der Waals surface area contributed by atoms with Crippen LogP contribution in [0.1, 0.15) is 16.9 Å². The average molecular weight is 368 g/mol. The maximum atomic E-state index is 12.7. The summed E-state index contributed by atoms with van der Waals surface area (Å²) in [5.74, 6) is 0.112. The predicted octanol–water partition coefficient (Wildman–Crippen LogP) is 4.64. The van der Waals surface area contributed by atoms with Gasteiger partial charge in [0.05, 0.1) is 10.6 Å². The summed E-state index contributed by atoms with van der Waals surface area (Å²) in [6.45, 7) is 0. The first-order valence-corrected chi connectivity index (χ1v) is 7.25. The third-order valence-electron chi connectivity index (χ3n) is 3.30. The van der Waals surface area contributed by atoms with Crippen molar-refractivity contribution in [2.24, 2.45) is 5.16 Å². The Labute approximate surface area is 144 Å². The smallest absolute Gasteiger partial charge is 0.410 e. The number of aromatic nitrogens is 2. The lowest BCUT2D eigenvalue weighted by molar-refractivity contribution is -0.137. The molecule has 5 nitrogen and oxygen atoms in total. The Morgan fingerprint density at radius 3 is 2.48 bits per heavy atom. The van der Waals surface area contributed by atoms with Crippen LogP contribution in [0.2, 0.25) is 5.02 Å². The predicted molar refractivity (Wildman–Crippen MR) is 83.6 cm³/mol. The van der Waals surface area contributed by atoms with Crippen LogP contribution in [-0.4, -0.2) is 21.1 Å². The lowest BCUT2D eigenvalue weighted by Crippen LogP contribution is -2.05. The van der Waals surface area contributed by atoms with Crippen molar-refractivity contribution >= 4 is 17.3 Å². The summed E-state index contributed by atoms with van der Waals surface area (Å²) >= 11 is 5.89. The van der Waals surface area contributed by atoms with E-state index in [2.05, 4.69) is 15.3 Å². The number of nitrogens with zero attached hydrogens (tertiary/aromatic N) is 3. The Kier molecular flexibility index (Phi) is 4.45. The summed E-state index contributed by atoms with van der Waals surface area (Å²) < 4.78 is 43.1. The van der Waals surface area contributed by atoms with E-state index in [0.717, 1.165) is 6.07 Å².